The van der Waals surface area contributed by atoms with Gasteiger partial charge in [0.25, 0.3) is 0 Å². The largest absolute Gasteiger partial charge is 0.480 e. The number of carboxylic acids is 1. The van der Waals surface area contributed by atoms with Crippen molar-refractivity contribution in [3.05, 3.63) is 36.0 Å². The molecule has 6 N–H and O–H groups in total. The molecule has 11 heteroatoms. The zero-order valence-electron chi connectivity index (χ0n) is 19.9. The van der Waals surface area contributed by atoms with Gasteiger partial charge in [0.15, 0.2) is 0 Å². The molecule has 10 nitrogen and oxygen atoms in total. The predicted octanol–water partition coefficient (Wildman–Crippen LogP) is 0.669. The van der Waals surface area contributed by atoms with E-state index in [0.717, 1.165) is 16.5 Å². The lowest BCUT2D eigenvalue weighted by atomic mass is 9.99. The van der Waals surface area contributed by atoms with Gasteiger partial charge >= 0.3 is 5.97 Å². The van der Waals surface area contributed by atoms with Gasteiger partial charge in [0.05, 0.1) is 6.04 Å². The maximum Gasteiger partial charge on any atom is 0.326 e. The summed E-state index contributed by atoms with van der Waals surface area (Å²) < 4.78 is 0. The molecule has 35 heavy (non-hydrogen) atoms. The molecule has 0 saturated carbocycles. The number of rotatable bonds is 10. The van der Waals surface area contributed by atoms with Crippen LogP contribution >= 0.6 is 12.6 Å². The lowest BCUT2D eigenvalue weighted by Gasteiger charge is -2.30. The summed E-state index contributed by atoms with van der Waals surface area (Å²) in [6.45, 7) is 3.87. The highest BCUT2D eigenvalue weighted by molar-refractivity contribution is 7.80. The molecule has 1 aromatic heterocycles. The summed E-state index contributed by atoms with van der Waals surface area (Å²) in [6.07, 6.45) is 2.91. The number of thiol groups is 1. The van der Waals surface area contributed by atoms with Crippen LogP contribution in [0.2, 0.25) is 0 Å². The third kappa shape index (κ3) is 6.15. The first-order chi connectivity index (χ1) is 16.6. The molecule has 1 saturated heterocycles. The fraction of sp³-hybridized carbons (Fsp3) is 0.500. The first-order valence-electron chi connectivity index (χ1n) is 11.7. The van der Waals surface area contributed by atoms with Crippen molar-refractivity contribution in [3.63, 3.8) is 0 Å². The molecule has 0 spiro atoms. The van der Waals surface area contributed by atoms with E-state index in [-0.39, 0.29) is 18.1 Å². The van der Waals surface area contributed by atoms with Crippen LogP contribution in [0.1, 0.15) is 32.3 Å². The number of hydrogen-bond donors (Lipinski definition) is 6. The van der Waals surface area contributed by atoms with Crippen molar-refractivity contribution in [2.75, 3.05) is 12.3 Å². The van der Waals surface area contributed by atoms with Crippen LogP contribution in [0.4, 0.5) is 0 Å². The summed E-state index contributed by atoms with van der Waals surface area (Å²) in [5.74, 6) is -2.78. The quantitative estimate of drug-likeness (QED) is 0.262. The number of aromatic nitrogens is 1. The summed E-state index contributed by atoms with van der Waals surface area (Å²) >= 11 is 4.06. The number of amides is 3. The second-order valence-corrected chi connectivity index (χ2v) is 9.54. The van der Waals surface area contributed by atoms with E-state index < -0.39 is 47.9 Å². The summed E-state index contributed by atoms with van der Waals surface area (Å²) in [6, 6.07) is 3.84. The molecule has 190 valence electrons. The van der Waals surface area contributed by atoms with Crippen LogP contribution < -0.4 is 16.4 Å². The summed E-state index contributed by atoms with van der Waals surface area (Å²) in [5, 5.41) is 15.9. The number of carbonyl (C=O) groups is 4. The first-order valence-corrected chi connectivity index (χ1v) is 12.3. The lowest BCUT2D eigenvalue weighted by Crippen LogP contribution is -2.59. The van der Waals surface area contributed by atoms with Crippen molar-refractivity contribution >= 4 is 47.2 Å². The summed E-state index contributed by atoms with van der Waals surface area (Å²) in [7, 11) is 0. The SMILES string of the molecule is CC(C)C(NC(=O)C(Cc1c[nH]c2ccccc12)NC(=O)C(N)CS)C(=O)N1CCCC1C(=O)O. The van der Waals surface area contributed by atoms with Crippen LogP contribution in [-0.2, 0) is 25.6 Å². The van der Waals surface area contributed by atoms with Gasteiger partial charge in [-0.05, 0) is 30.4 Å². The monoisotopic (exact) mass is 503 g/mol. The predicted molar refractivity (Wildman–Crippen MR) is 135 cm³/mol. The number of carbonyl (C=O) groups excluding carboxylic acids is 3. The number of para-hydroxylation sites is 1. The van der Waals surface area contributed by atoms with E-state index >= 15 is 0 Å². The van der Waals surface area contributed by atoms with Gasteiger partial charge < -0.3 is 31.4 Å². The number of likely N-dealkylation sites (tertiary alicyclic amines) is 1. The number of aliphatic carboxylic acids is 1. The number of nitrogens with two attached hydrogens (primary N) is 1. The van der Waals surface area contributed by atoms with Crippen LogP contribution in [0.5, 0.6) is 0 Å². The van der Waals surface area contributed by atoms with E-state index in [9.17, 15) is 24.3 Å². The summed E-state index contributed by atoms with van der Waals surface area (Å²) in [4.78, 5) is 55.3. The third-order valence-corrected chi connectivity index (χ3v) is 6.71. The Kier molecular flexibility index (Phi) is 8.79. The van der Waals surface area contributed by atoms with E-state index in [1.807, 2.05) is 24.3 Å². The van der Waals surface area contributed by atoms with E-state index in [1.165, 1.54) is 4.90 Å². The van der Waals surface area contributed by atoms with Crippen molar-refractivity contribution in [2.45, 2.75) is 57.3 Å². The van der Waals surface area contributed by atoms with Gasteiger partial charge in [0.2, 0.25) is 17.7 Å². The zero-order valence-corrected chi connectivity index (χ0v) is 20.8. The number of hydrogen-bond acceptors (Lipinski definition) is 6. The minimum absolute atomic E-state index is 0.103. The van der Waals surface area contributed by atoms with Gasteiger partial charge in [-0.1, -0.05) is 32.0 Å². The molecule has 4 atom stereocenters. The highest BCUT2D eigenvalue weighted by Crippen LogP contribution is 2.22. The maximum atomic E-state index is 13.4. The number of aromatic amines is 1. The Bertz CT molecular complexity index is 1090. The van der Waals surface area contributed by atoms with Crippen molar-refractivity contribution in [1.29, 1.82) is 0 Å². The Hall–Kier alpha value is -3.05. The van der Waals surface area contributed by atoms with Crippen LogP contribution in [-0.4, -0.2) is 75.1 Å². The van der Waals surface area contributed by atoms with Gasteiger partial charge in [-0.25, -0.2) is 4.79 Å². The van der Waals surface area contributed by atoms with E-state index in [4.69, 9.17) is 5.73 Å². The van der Waals surface area contributed by atoms with Crippen molar-refractivity contribution in [1.82, 2.24) is 20.5 Å². The topological polar surface area (TPSA) is 158 Å². The van der Waals surface area contributed by atoms with E-state index in [2.05, 4.69) is 28.2 Å². The molecular weight excluding hydrogens is 470 g/mol. The first kappa shape index (κ1) is 26.6. The highest BCUT2D eigenvalue weighted by atomic mass is 32.1. The van der Waals surface area contributed by atoms with Gasteiger partial charge in [-0.2, -0.15) is 12.6 Å². The van der Waals surface area contributed by atoms with Crippen molar-refractivity contribution in [3.8, 4) is 0 Å². The fourth-order valence-corrected chi connectivity index (χ4v) is 4.49. The van der Waals surface area contributed by atoms with Crippen molar-refractivity contribution in [2.24, 2.45) is 11.7 Å². The summed E-state index contributed by atoms with van der Waals surface area (Å²) in [5.41, 5.74) is 7.52. The average molecular weight is 504 g/mol. The highest BCUT2D eigenvalue weighted by Gasteiger charge is 2.39. The van der Waals surface area contributed by atoms with Gasteiger partial charge in [0.1, 0.15) is 18.1 Å². The third-order valence-electron chi connectivity index (χ3n) is 6.32. The van der Waals surface area contributed by atoms with Crippen LogP contribution in [0.25, 0.3) is 10.9 Å². The molecule has 2 aromatic rings. The second kappa shape index (κ2) is 11.6. The van der Waals surface area contributed by atoms with Gasteiger partial charge in [-0.15, -0.1) is 0 Å². The van der Waals surface area contributed by atoms with Crippen LogP contribution in [0.3, 0.4) is 0 Å². The molecular formula is C24H33N5O5S. The number of carboxylic acid groups (broad SMARTS) is 1. The molecule has 1 aliphatic rings. The molecule has 1 aromatic carbocycles. The molecule has 2 heterocycles. The number of benzene rings is 1. The molecule has 3 rings (SSSR count). The fourth-order valence-electron chi connectivity index (χ4n) is 4.32. The smallest absolute Gasteiger partial charge is 0.326 e. The minimum atomic E-state index is -1.06. The molecule has 3 amide bonds. The van der Waals surface area contributed by atoms with Crippen LogP contribution in [0, 0.1) is 5.92 Å². The van der Waals surface area contributed by atoms with Crippen LogP contribution in [0.15, 0.2) is 30.5 Å². The maximum absolute atomic E-state index is 13.4. The molecule has 1 aliphatic heterocycles. The van der Waals surface area contributed by atoms with Gasteiger partial charge in [-0.3, -0.25) is 14.4 Å². The number of fused-ring (bicyclic) bond motifs is 1. The number of H-pyrrole nitrogens is 1. The Morgan fingerprint density at radius 3 is 2.57 bits per heavy atom. The molecule has 0 aliphatic carbocycles. The Morgan fingerprint density at radius 2 is 1.91 bits per heavy atom. The average Bonchev–Trinajstić information content (AvgIpc) is 3.48. The minimum Gasteiger partial charge on any atom is -0.480 e. The molecule has 0 radical (unpaired) electrons. The molecule has 1 fully saturated rings. The zero-order chi connectivity index (χ0) is 25.7. The normalized spacial score (nSPS) is 18.3. The van der Waals surface area contributed by atoms with Gasteiger partial charge in [0, 0.05) is 35.8 Å². The van der Waals surface area contributed by atoms with E-state index in [0.29, 0.717) is 19.4 Å². The standard InChI is InChI=1S/C24H33N5O5S/c1-13(2)20(23(32)29-9-5-8-19(29)24(33)34)28-22(31)18(27-21(30)16(25)12-35)10-14-11-26-17-7-4-3-6-15(14)17/h3-4,6-7,11,13,16,18-20,26,35H,5,8-10,12,25H2,1-2H3,(H,27,30)(H,28,31)(H,33,34). The lowest BCUT2D eigenvalue weighted by molar-refractivity contribution is -0.150. The number of nitrogens with zero attached hydrogens (tertiary/aromatic N) is 1. The second-order valence-electron chi connectivity index (χ2n) is 9.17. The Balaban J connectivity index is 1.83. The van der Waals surface area contributed by atoms with Crippen molar-refractivity contribution < 1.29 is 24.3 Å². The molecule has 0 bridgehead atoms. The Labute approximate surface area is 209 Å². The number of nitrogens with one attached hydrogen (secondary N) is 3. The Morgan fingerprint density at radius 1 is 1.20 bits per heavy atom. The van der Waals surface area contributed by atoms with E-state index in [1.54, 1.807) is 20.0 Å². The molecule has 4 unspecified atom stereocenters.